The molecule has 11 rings (SSSR count). The van der Waals surface area contributed by atoms with Gasteiger partial charge in [-0.25, -0.2) is 4.98 Å². The molecule has 60 heavy (non-hydrogen) atoms. The van der Waals surface area contributed by atoms with Crippen molar-refractivity contribution in [2.45, 2.75) is 0 Å². The highest BCUT2D eigenvalue weighted by atomic mass is 16.1. The van der Waals surface area contributed by atoms with Crippen LogP contribution >= 0.6 is 0 Å². The summed E-state index contributed by atoms with van der Waals surface area (Å²) in [5.74, 6) is 0.591. The zero-order chi connectivity index (χ0) is 40.0. The smallest absolute Gasteiger partial charge is 0.266 e. The summed E-state index contributed by atoms with van der Waals surface area (Å²) in [6, 6.07) is 77.6. The first-order chi connectivity index (χ1) is 29.7. The van der Waals surface area contributed by atoms with Gasteiger partial charge in [0.05, 0.1) is 27.6 Å². The van der Waals surface area contributed by atoms with Crippen LogP contribution in [0.15, 0.2) is 229 Å². The van der Waals surface area contributed by atoms with E-state index in [0.29, 0.717) is 16.7 Å². The van der Waals surface area contributed by atoms with E-state index in [9.17, 15) is 4.79 Å². The Hall–Kier alpha value is -8.08. The van der Waals surface area contributed by atoms with E-state index in [4.69, 9.17) is 4.98 Å². The van der Waals surface area contributed by atoms with Crippen molar-refractivity contribution in [2.24, 2.45) is 0 Å². The van der Waals surface area contributed by atoms with Gasteiger partial charge < -0.3 is 4.57 Å². The molecule has 9 aromatic carbocycles. The molecule has 11 aromatic rings. The molecule has 0 spiro atoms. The summed E-state index contributed by atoms with van der Waals surface area (Å²) in [6.07, 6.45) is 0. The van der Waals surface area contributed by atoms with E-state index in [2.05, 4.69) is 162 Å². The van der Waals surface area contributed by atoms with Crippen molar-refractivity contribution in [1.29, 1.82) is 0 Å². The lowest BCUT2D eigenvalue weighted by atomic mass is 9.97. The van der Waals surface area contributed by atoms with Crippen molar-refractivity contribution < 1.29 is 0 Å². The van der Waals surface area contributed by atoms with Gasteiger partial charge in [-0.15, -0.1) is 0 Å². The fourth-order valence-electron chi connectivity index (χ4n) is 8.58. The average Bonchev–Trinajstić information content (AvgIpc) is 3.66. The SMILES string of the molecule is O=c1c2cc(-c3ccccc3)ccc2nc(-c2ccc(-c3cccc(-c4ccc5c(c4)c4ccccc4n5-c4ccccc4)c3)cc2)n1-c1cccc(-c2ccccc2)c1. The fourth-order valence-corrected chi connectivity index (χ4v) is 8.58. The van der Waals surface area contributed by atoms with Crippen LogP contribution in [0.2, 0.25) is 0 Å². The first kappa shape index (κ1) is 35.1. The Balaban J connectivity index is 0.995. The van der Waals surface area contributed by atoms with Crippen LogP contribution in [0.5, 0.6) is 0 Å². The number of para-hydroxylation sites is 2. The van der Waals surface area contributed by atoms with Crippen molar-refractivity contribution >= 4 is 32.7 Å². The number of benzene rings is 9. The number of rotatable bonds is 7. The van der Waals surface area contributed by atoms with Gasteiger partial charge in [-0.1, -0.05) is 164 Å². The molecular weight excluding hydrogens is 731 g/mol. The molecule has 4 heteroatoms. The molecule has 0 radical (unpaired) electrons. The number of nitrogens with zero attached hydrogens (tertiary/aromatic N) is 3. The van der Waals surface area contributed by atoms with Crippen LogP contribution < -0.4 is 5.56 Å². The minimum atomic E-state index is -0.112. The molecule has 0 bridgehead atoms. The topological polar surface area (TPSA) is 39.8 Å². The molecule has 282 valence electrons. The fraction of sp³-hybridized carbons (Fsp3) is 0. The third-order valence-electron chi connectivity index (χ3n) is 11.5. The normalized spacial score (nSPS) is 11.4. The first-order valence-corrected chi connectivity index (χ1v) is 20.2. The van der Waals surface area contributed by atoms with Gasteiger partial charge in [-0.3, -0.25) is 9.36 Å². The van der Waals surface area contributed by atoms with E-state index < -0.39 is 0 Å². The molecule has 0 amide bonds. The lowest BCUT2D eigenvalue weighted by molar-refractivity contribution is 0.976. The lowest BCUT2D eigenvalue weighted by Gasteiger charge is -2.16. The first-order valence-electron chi connectivity index (χ1n) is 20.2. The molecule has 0 N–H and O–H groups in total. The van der Waals surface area contributed by atoms with Gasteiger partial charge in [0.2, 0.25) is 0 Å². The maximum Gasteiger partial charge on any atom is 0.266 e. The zero-order valence-corrected chi connectivity index (χ0v) is 32.6. The van der Waals surface area contributed by atoms with E-state index in [0.717, 1.165) is 61.4 Å². The Bertz CT molecular complexity index is 3420. The highest BCUT2D eigenvalue weighted by molar-refractivity contribution is 6.10. The summed E-state index contributed by atoms with van der Waals surface area (Å²) >= 11 is 0. The summed E-state index contributed by atoms with van der Waals surface area (Å²) in [5.41, 5.74) is 14.3. The second-order valence-corrected chi connectivity index (χ2v) is 15.2. The number of hydrogen-bond donors (Lipinski definition) is 0. The van der Waals surface area contributed by atoms with E-state index in [1.807, 2.05) is 66.7 Å². The quantitative estimate of drug-likeness (QED) is 0.162. The molecule has 0 unspecified atom stereocenters. The third-order valence-corrected chi connectivity index (χ3v) is 11.5. The summed E-state index contributed by atoms with van der Waals surface area (Å²) < 4.78 is 4.11. The van der Waals surface area contributed by atoms with Crippen LogP contribution in [0, 0.1) is 0 Å². The summed E-state index contributed by atoms with van der Waals surface area (Å²) in [7, 11) is 0. The molecule has 2 heterocycles. The van der Waals surface area contributed by atoms with Crippen LogP contribution in [0.1, 0.15) is 0 Å². The maximum atomic E-state index is 14.8. The van der Waals surface area contributed by atoms with Gasteiger partial charge in [0.1, 0.15) is 5.82 Å². The Kier molecular flexibility index (Phi) is 8.60. The molecule has 0 saturated heterocycles. The van der Waals surface area contributed by atoms with Gasteiger partial charge in [-0.2, -0.15) is 0 Å². The van der Waals surface area contributed by atoms with Gasteiger partial charge in [0.15, 0.2) is 0 Å². The van der Waals surface area contributed by atoms with Crippen molar-refractivity contribution in [3.8, 4) is 67.3 Å². The predicted molar refractivity (Wildman–Crippen MR) is 249 cm³/mol. The van der Waals surface area contributed by atoms with Gasteiger partial charge >= 0.3 is 0 Å². The predicted octanol–water partition coefficient (Wildman–Crippen LogP) is 13.8. The molecule has 2 aromatic heterocycles. The molecule has 0 atom stereocenters. The van der Waals surface area contributed by atoms with Crippen LogP contribution in [0.4, 0.5) is 0 Å². The molecular formula is C56H37N3O. The Morgan fingerprint density at radius 1 is 0.300 bits per heavy atom. The highest BCUT2D eigenvalue weighted by Gasteiger charge is 2.18. The molecule has 0 aliphatic heterocycles. The van der Waals surface area contributed by atoms with E-state index >= 15 is 0 Å². The van der Waals surface area contributed by atoms with Crippen molar-refractivity contribution in [2.75, 3.05) is 0 Å². The monoisotopic (exact) mass is 767 g/mol. The van der Waals surface area contributed by atoms with Crippen LogP contribution in [0.3, 0.4) is 0 Å². The van der Waals surface area contributed by atoms with Crippen LogP contribution in [0.25, 0.3) is 100.0 Å². The molecule has 0 aliphatic rings. The van der Waals surface area contributed by atoms with Gasteiger partial charge in [0, 0.05) is 22.0 Å². The lowest BCUT2D eigenvalue weighted by Crippen LogP contribution is -2.22. The third kappa shape index (κ3) is 6.19. The Labute approximate surface area is 347 Å². The summed E-state index contributed by atoms with van der Waals surface area (Å²) in [5, 5.41) is 3.02. The van der Waals surface area contributed by atoms with Crippen molar-refractivity contribution in [1.82, 2.24) is 14.1 Å². The summed E-state index contributed by atoms with van der Waals surface area (Å²) in [6.45, 7) is 0. The van der Waals surface area contributed by atoms with Gasteiger partial charge in [0.25, 0.3) is 5.56 Å². The second-order valence-electron chi connectivity index (χ2n) is 15.2. The number of aromatic nitrogens is 3. The Morgan fingerprint density at radius 2 is 0.767 bits per heavy atom. The molecule has 0 aliphatic carbocycles. The van der Waals surface area contributed by atoms with Crippen LogP contribution in [-0.2, 0) is 0 Å². The van der Waals surface area contributed by atoms with Crippen molar-refractivity contribution in [3.63, 3.8) is 0 Å². The average molecular weight is 768 g/mol. The highest BCUT2D eigenvalue weighted by Crippen LogP contribution is 2.36. The minimum Gasteiger partial charge on any atom is -0.309 e. The second kappa shape index (κ2) is 14.7. The molecule has 0 saturated carbocycles. The largest absolute Gasteiger partial charge is 0.309 e. The molecule has 4 nitrogen and oxygen atoms in total. The van der Waals surface area contributed by atoms with Gasteiger partial charge in [-0.05, 0) is 105 Å². The minimum absolute atomic E-state index is 0.112. The standard InChI is InChI=1S/C56H37N3O/c60-56-51-37-45(39-16-6-2-7-17-39)30-32-52(51)57-55(59(56)48-23-13-20-44(35-48)38-14-4-1-5-15-38)41-28-26-40(27-29-41)42-18-12-19-43(34-42)46-31-33-54-50(36-46)49-24-10-11-25-53(49)58(54)47-21-8-3-9-22-47/h1-37H. The van der Waals surface area contributed by atoms with Crippen molar-refractivity contribution in [3.05, 3.63) is 235 Å². The van der Waals surface area contributed by atoms with E-state index in [1.54, 1.807) is 4.57 Å². The Morgan fingerprint density at radius 3 is 1.50 bits per heavy atom. The van der Waals surface area contributed by atoms with Crippen LogP contribution in [-0.4, -0.2) is 14.1 Å². The zero-order valence-electron chi connectivity index (χ0n) is 32.6. The number of fused-ring (bicyclic) bond motifs is 4. The van der Waals surface area contributed by atoms with E-state index in [1.165, 1.54) is 21.8 Å². The maximum absolute atomic E-state index is 14.8. The van der Waals surface area contributed by atoms with E-state index in [-0.39, 0.29) is 5.56 Å². The molecule has 0 fully saturated rings. The number of hydrogen-bond acceptors (Lipinski definition) is 2. The summed E-state index contributed by atoms with van der Waals surface area (Å²) in [4.78, 5) is 20.0.